The molecule has 0 amide bonds. The van der Waals surface area contributed by atoms with Crippen LogP contribution in [-0.4, -0.2) is 79.0 Å². The summed E-state index contributed by atoms with van der Waals surface area (Å²) in [5.74, 6) is 0.363. The van der Waals surface area contributed by atoms with Crippen molar-refractivity contribution in [2.75, 3.05) is 27.7 Å². The largest absolute Gasteiger partial charge is 0.396 e. The number of aliphatic hydroxyl groups excluding tert-OH is 2. The van der Waals surface area contributed by atoms with E-state index in [1.807, 2.05) is 6.92 Å². The van der Waals surface area contributed by atoms with Crippen LogP contribution in [0.15, 0.2) is 0 Å². The van der Waals surface area contributed by atoms with Gasteiger partial charge in [0.15, 0.2) is 0 Å². The van der Waals surface area contributed by atoms with Crippen LogP contribution in [0.2, 0.25) is 0 Å². The number of hydrogen-bond donors (Lipinski definition) is 2. The standard InChI is InChI=1S/C24H48NO4/c1-8-9-19(25(5,6)7)14-20-10-11-22(28-20)17(3)24(27)18(4)23-13-12-21(29-23)16(2)15-26/h16-24,26-27H,8-15H2,1-7H3/q+1/t16-,17+,18+,19+,20-,21+,22+,23-,24-/m0/s1. The van der Waals surface area contributed by atoms with Crippen LogP contribution in [0.5, 0.6) is 0 Å². The van der Waals surface area contributed by atoms with Crippen LogP contribution < -0.4 is 0 Å². The smallest absolute Gasteiger partial charge is 0.0909 e. The van der Waals surface area contributed by atoms with E-state index in [4.69, 9.17) is 9.47 Å². The average molecular weight is 415 g/mol. The molecular formula is C24H48NO4+. The maximum atomic E-state index is 11.1. The molecule has 5 nitrogen and oxygen atoms in total. The SMILES string of the molecule is CCC[C@H](C[C@@H]1CC[C@H]([C@@H](C)[C@H](O)[C@H](C)[C@@H]2CC[C@H]([C@@H](C)CO)O2)O1)[N+](C)(C)C. The third-order valence-electron chi connectivity index (χ3n) is 7.65. The first kappa shape index (κ1) is 25.1. The van der Waals surface area contributed by atoms with Gasteiger partial charge in [0, 0.05) is 30.8 Å². The predicted molar refractivity (Wildman–Crippen MR) is 118 cm³/mol. The minimum absolute atomic E-state index is 0.0794. The summed E-state index contributed by atoms with van der Waals surface area (Å²) >= 11 is 0. The molecule has 29 heavy (non-hydrogen) atoms. The van der Waals surface area contributed by atoms with E-state index in [2.05, 4.69) is 41.9 Å². The highest BCUT2D eigenvalue weighted by atomic mass is 16.5. The maximum Gasteiger partial charge on any atom is 0.0909 e. The highest BCUT2D eigenvalue weighted by Crippen LogP contribution is 2.36. The molecule has 0 unspecified atom stereocenters. The zero-order valence-corrected chi connectivity index (χ0v) is 20.0. The zero-order chi connectivity index (χ0) is 21.8. The van der Waals surface area contributed by atoms with E-state index in [0.717, 1.165) is 36.6 Å². The molecule has 2 fully saturated rings. The number of hydrogen-bond acceptors (Lipinski definition) is 4. The Bertz CT molecular complexity index is 480. The third kappa shape index (κ3) is 6.64. The van der Waals surface area contributed by atoms with Gasteiger partial charge in [-0.15, -0.1) is 0 Å². The second kappa shape index (κ2) is 10.9. The van der Waals surface area contributed by atoms with Gasteiger partial charge in [0.2, 0.25) is 0 Å². The quantitative estimate of drug-likeness (QED) is 0.507. The molecule has 0 radical (unpaired) electrons. The van der Waals surface area contributed by atoms with Crippen molar-refractivity contribution < 1.29 is 24.2 Å². The molecule has 0 aromatic rings. The number of rotatable bonds is 11. The van der Waals surface area contributed by atoms with Gasteiger partial charge in [-0.3, -0.25) is 0 Å². The number of aliphatic hydroxyl groups is 2. The van der Waals surface area contributed by atoms with Crippen LogP contribution in [0.25, 0.3) is 0 Å². The van der Waals surface area contributed by atoms with Gasteiger partial charge in [0.25, 0.3) is 0 Å². The van der Waals surface area contributed by atoms with E-state index in [0.29, 0.717) is 12.1 Å². The van der Waals surface area contributed by atoms with Crippen LogP contribution in [0.4, 0.5) is 0 Å². The molecule has 0 bridgehead atoms. The van der Waals surface area contributed by atoms with E-state index < -0.39 is 6.10 Å². The summed E-state index contributed by atoms with van der Waals surface area (Å²) in [7, 11) is 6.86. The first-order valence-corrected chi connectivity index (χ1v) is 12.0. The van der Waals surface area contributed by atoms with Gasteiger partial charge in [0.1, 0.15) is 0 Å². The molecule has 2 heterocycles. The van der Waals surface area contributed by atoms with Gasteiger partial charge < -0.3 is 24.2 Å². The van der Waals surface area contributed by atoms with E-state index >= 15 is 0 Å². The summed E-state index contributed by atoms with van der Waals surface area (Å²) in [5.41, 5.74) is 0. The van der Waals surface area contributed by atoms with E-state index in [-0.39, 0.29) is 42.7 Å². The van der Waals surface area contributed by atoms with Crippen molar-refractivity contribution in [2.24, 2.45) is 17.8 Å². The topological polar surface area (TPSA) is 58.9 Å². The Balaban J connectivity index is 1.86. The first-order valence-electron chi connectivity index (χ1n) is 12.0. The lowest BCUT2D eigenvalue weighted by molar-refractivity contribution is -0.897. The molecule has 2 rings (SSSR count). The highest BCUT2D eigenvalue weighted by molar-refractivity contribution is 4.89. The van der Waals surface area contributed by atoms with Crippen LogP contribution >= 0.6 is 0 Å². The van der Waals surface area contributed by atoms with Crippen molar-refractivity contribution in [3.63, 3.8) is 0 Å². The van der Waals surface area contributed by atoms with E-state index in [1.54, 1.807) is 0 Å². The molecule has 0 saturated carbocycles. The van der Waals surface area contributed by atoms with Crippen molar-refractivity contribution in [1.82, 2.24) is 0 Å². The van der Waals surface area contributed by atoms with Gasteiger partial charge in [0.05, 0.1) is 57.7 Å². The Morgan fingerprint density at radius 2 is 1.45 bits per heavy atom. The molecular weight excluding hydrogens is 366 g/mol. The molecule has 5 heteroatoms. The van der Waals surface area contributed by atoms with Gasteiger partial charge in [-0.25, -0.2) is 0 Å². The summed E-state index contributed by atoms with van der Waals surface area (Å²) in [4.78, 5) is 0. The molecule has 172 valence electrons. The van der Waals surface area contributed by atoms with Gasteiger partial charge in [-0.1, -0.05) is 34.1 Å². The van der Waals surface area contributed by atoms with Crippen LogP contribution in [0.3, 0.4) is 0 Å². The van der Waals surface area contributed by atoms with Crippen molar-refractivity contribution in [1.29, 1.82) is 0 Å². The molecule has 0 spiro atoms. The second-order valence-electron chi connectivity index (χ2n) is 10.8. The average Bonchev–Trinajstić information content (AvgIpc) is 3.34. The second-order valence-corrected chi connectivity index (χ2v) is 10.8. The summed E-state index contributed by atoms with van der Waals surface area (Å²) in [6.07, 6.45) is 7.88. The molecule has 2 aliphatic rings. The molecule has 0 aliphatic carbocycles. The monoisotopic (exact) mass is 414 g/mol. The fraction of sp³-hybridized carbons (Fsp3) is 1.00. The van der Waals surface area contributed by atoms with Gasteiger partial charge >= 0.3 is 0 Å². The van der Waals surface area contributed by atoms with Crippen molar-refractivity contribution in [3.05, 3.63) is 0 Å². The lowest BCUT2D eigenvalue weighted by Gasteiger charge is -2.36. The third-order valence-corrected chi connectivity index (χ3v) is 7.65. The van der Waals surface area contributed by atoms with Gasteiger partial charge in [-0.05, 0) is 32.1 Å². The first-order chi connectivity index (χ1) is 13.6. The lowest BCUT2D eigenvalue weighted by atomic mass is 9.84. The summed E-state index contributed by atoms with van der Waals surface area (Å²) in [6.45, 7) is 8.70. The Morgan fingerprint density at radius 3 is 2.00 bits per heavy atom. The number of quaternary nitrogens is 1. The van der Waals surface area contributed by atoms with Crippen molar-refractivity contribution in [3.8, 4) is 0 Å². The maximum absolute atomic E-state index is 11.1. The summed E-state index contributed by atoms with van der Waals surface area (Å²) in [6, 6.07) is 0.625. The predicted octanol–water partition coefficient (Wildman–Crippen LogP) is 3.61. The van der Waals surface area contributed by atoms with Crippen molar-refractivity contribution >= 4 is 0 Å². The highest BCUT2D eigenvalue weighted by Gasteiger charge is 2.41. The summed E-state index contributed by atoms with van der Waals surface area (Å²) in [5, 5.41) is 20.4. The molecule has 0 aromatic heterocycles. The fourth-order valence-corrected chi connectivity index (χ4v) is 5.28. The minimum atomic E-state index is -0.420. The van der Waals surface area contributed by atoms with Crippen LogP contribution in [0.1, 0.15) is 72.6 Å². The Morgan fingerprint density at radius 1 is 0.897 bits per heavy atom. The fourth-order valence-electron chi connectivity index (χ4n) is 5.28. The molecule has 0 aromatic carbocycles. The number of nitrogens with zero attached hydrogens (tertiary/aromatic N) is 1. The van der Waals surface area contributed by atoms with E-state index in [1.165, 1.54) is 12.8 Å². The normalized spacial score (nSPS) is 33.4. The number of ether oxygens (including phenoxy) is 2. The summed E-state index contributed by atoms with van der Waals surface area (Å²) < 4.78 is 13.6. The van der Waals surface area contributed by atoms with Crippen LogP contribution in [0, 0.1) is 17.8 Å². The van der Waals surface area contributed by atoms with Gasteiger partial charge in [-0.2, -0.15) is 0 Å². The van der Waals surface area contributed by atoms with Crippen LogP contribution in [-0.2, 0) is 9.47 Å². The van der Waals surface area contributed by atoms with E-state index in [9.17, 15) is 10.2 Å². The van der Waals surface area contributed by atoms with Crippen molar-refractivity contribution in [2.45, 2.75) is 109 Å². The Kier molecular flexibility index (Phi) is 9.42. The molecule has 2 aliphatic heterocycles. The molecule has 2 saturated heterocycles. The molecule has 2 N–H and O–H groups in total. The molecule has 9 atom stereocenters. The Labute approximate surface area is 179 Å². The minimum Gasteiger partial charge on any atom is -0.396 e. The lowest BCUT2D eigenvalue weighted by Crippen LogP contribution is -2.46. The Hall–Kier alpha value is -0.200. The zero-order valence-electron chi connectivity index (χ0n) is 20.0.